The van der Waals surface area contributed by atoms with E-state index in [1.54, 1.807) is 6.92 Å². The molecule has 0 aromatic rings. The van der Waals surface area contributed by atoms with Crippen LogP contribution < -0.4 is 0 Å². The van der Waals surface area contributed by atoms with E-state index in [-0.39, 0.29) is 12.4 Å². The lowest BCUT2D eigenvalue weighted by Gasteiger charge is -2.09. The van der Waals surface area contributed by atoms with E-state index in [9.17, 15) is 9.90 Å². The Kier molecular flexibility index (Phi) is 12.5. The summed E-state index contributed by atoms with van der Waals surface area (Å²) in [6.45, 7) is 4.40. The third-order valence-corrected chi connectivity index (χ3v) is 3.10. The van der Waals surface area contributed by atoms with Gasteiger partial charge in [0.05, 0.1) is 19.1 Å². The second-order valence-electron chi connectivity index (χ2n) is 4.93. The predicted molar refractivity (Wildman–Crippen MR) is 74.5 cm³/mol. The SMILES string of the molecule is CCCCCCCCCC[C@H](O)CC(=O)OCC. The normalized spacial score (nSPS) is 12.4. The molecule has 0 aliphatic rings. The Labute approximate surface area is 112 Å². The molecule has 0 aliphatic heterocycles. The number of hydrogen-bond acceptors (Lipinski definition) is 3. The predicted octanol–water partition coefficient (Wildman–Crippen LogP) is 3.83. The summed E-state index contributed by atoms with van der Waals surface area (Å²) in [4.78, 5) is 11.1. The summed E-state index contributed by atoms with van der Waals surface area (Å²) in [6.07, 6.45) is 10.4. The fourth-order valence-electron chi connectivity index (χ4n) is 2.03. The molecule has 0 saturated heterocycles. The Morgan fingerprint density at radius 3 is 2.11 bits per heavy atom. The van der Waals surface area contributed by atoms with Crippen molar-refractivity contribution in [2.45, 2.75) is 84.2 Å². The highest BCUT2D eigenvalue weighted by Gasteiger charge is 2.10. The van der Waals surface area contributed by atoms with Gasteiger partial charge >= 0.3 is 5.97 Å². The molecule has 1 N–H and O–H groups in total. The topological polar surface area (TPSA) is 46.5 Å². The monoisotopic (exact) mass is 258 g/mol. The molecule has 0 unspecified atom stereocenters. The van der Waals surface area contributed by atoms with Crippen LogP contribution in [0.1, 0.15) is 78.1 Å². The van der Waals surface area contributed by atoms with E-state index in [1.807, 2.05) is 0 Å². The highest BCUT2D eigenvalue weighted by Crippen LogP contribution is 2.11. The van der Waals surface area contributed by atoms with Crippen LogP contribution >= 0.6 is 0 Å². The molecule has 0 rings (SSSR count). The van der Waals surface area contributed by atoms with Crippen molar-refractivity contribution >= 4 is 5.97 Å². The molecule has 0 heterocycles. The fourth-order valence-corrected chi connectivity index (χ4v) is 2.03. The number of aliphatic hydroxyl groups excluding tert-OH is 1. The van der Waals surface area contributed by atoms with E-state index in [0.29, 0.717) is 13.0 Å². The van der Waals surface area contributed by atoms with Crippen LogP contribution in [0.4, 0.5) is 0 Å². The Morgan fingerprint density at radius 2 is 1.56 bits per heavy atom. The molecule has 0 bridgehead atoms. The average molecular weight is 258 g/mol. The van der Waals surface area contributed by atoms with Crippen molar-refractivity contribution < 1.29 is 14.6 Å². The van der Waals surface area contributed by atoms with Gasteiger partial charge < -0.3 is 9.84 Å². The van der Waals surface area contributed by atoms with Crippen molar-refractivity contribution in [2.75, 3.05) is 6.61 Å². The second-order valence-corrected chi connectivity index (χ2v) is 4.93. The lowest BCUT2D eigenvalue weighted by Crippen LogP contribution is -2.15. The standard InChI is InChI=1S/C15H30O3/c1-3-5-6-7-8-9-10-11-12-14(16)13-15(17)18-4-2/h14,16H,3-13H2,1-2H3/t14-/m0/s1. The van der Waals surface area contributed by atoms with Crippen molar-refractivity contribution in [3.8, 4) is 0 Å². The van der Waals surface area contributed by atoms with Crippen LogP contribution in [-0.4, -0.2) is 23.8 Å². The number of aliphatic hydroxyl groups is 1. The summed E-state index contributed by atoms with van der Waals surface area (Å²) in [5.74, 6) is -0.287. The van der Waals surface area contributed by atoms with Crippen molar-refractivity contribution in [2.24, 2.45) is 0 Å². The van der Waals surface area contributed by atoms with Crippen LogP contribution in [0.3, 0.4) is 0 Å². The number of esters is 1. The van der Waals surface area contributed by atoms with Crippen LogP contribution in [0, 0.1) is 0 Å². The molecule has 0 saturated carbocycles. The maximum atomic E-state index is 11.1. The average Bonchev–Trinajstić information content (AvgIpc) is 2.32. The molecular formula is C15H30O3. The molecule has 108 valence electrons. The summed E-state index contributed by atoms with van der Waals surface area (Å²) >= 11 is 0. The van der Waals surface area contributed by atoms with E-state index in [2.05, 4.69) is 6.92 Å². The van der Waals surface area contributed by atoms with Gasteiger partial charge in [0.2, 0.25) is 0 Å². The first-order valence-electron chi connectivity index (χ1n) is 7.54. The highest BCUT2D eigenvalue weighted by molar-refractivity contribution is 5.69. The first kappa shape index (κ1) is 17.4. The molecule has 0 fully saturated rings. The maximum Gasteiger partial charge on any atom is 0.308 e. The van der Waals surface area contributed by atoms with E-state index in [4.69, 9.17) is 4.74 Å². The molecule has 0 spiro atoms. The quantitative estimate of drug-likeness (QED) is 0.427. The van der Waals surface area contributed by atoms with Gasteiger partial charge in [0.15, 0.2) is 0 Å². The van der Waals surface area contributed by atoms with Gasteiger partial charge in [-0.3, -0.25) is 4.79 Å². The largest absolute Gasteiger partial charge is 0.466 e. The summed E-state index contributed by atoms with van der Waals surface area (Å²) in [5.41, 5.74) is 0. The Morgan fingerprint density at radius 1 is 1.00 bits per heavy atom. The van der Waals surface area contributed by atoms with Crippen LogP contribution in [-0.2, 0) is 9.53 Å². The lowest BCUT2D eigenvalue weighted by molar-refractivity contribution is -0.145. The summed E-state index contributed by atoms with van der Waals surface area (Å²) in [5, 5.41) is 9.62. The van der Waals surface area contributed by atoms with Crippen molar-refractivity contribution in [1.82, 2.24) is 0 Å². The van der Waals surface area contributed by atoms with Crippen LogP contribution in [0.2, 0.25) is 0 Å². The number of carbonyl (C=O) groups is 1. The van der Waals surface area contributed by atoms with E-state index in [1.165, 1.54) is 38.5 Å². The molecule has 18 heavy (non-hydrogen) atoms. The minimum absolute atomic E-state index is 0.143. The molecule has 0 aliphatic carbocycles. The van der Waals surface area contributed by atoms with Gasteiger partial charge in [0.1, 0.15) is 0 Å². The van der Waals surface area contributed by atoms with Gasteiger partial charge in [-0.2, -0.15) is 0 Å². The van der Waals surface area contributed by atoms with Gasteiger partial charge in [0.25, 0.3) is 0 Å². The number of rotatable bonds is 12. The molecule has 0 amide bonds. The van der Waals surface area contributed by atoms with Gasteiger partial charge in [0, 0.05) is 0 Å². The first-order valence-corrected chi connectivity index (χ1v) is 7.54. The van der Waals surface area contributed by atoms with E-state index in [0.717, 1.165) is 12.8 Å². The molecule has 0 aromatic carbocycles. The van der Waals surface area contributed by atoms with Crippen molar-refractivity contribution in [3.05, 3.63) is 0 Å². The molecule has 3 heteroatoms. The number of ether oxygens (including phenoxy) is 1. The Hall–Kier alpha value is -0.570. The Balaban J connectivity index is 3.24. The zero-order valence-electron chi connectivity index (χ0n) is 12.1. The maximum absolute atomic E-state index is 11.1. The third-order valence-electron chi connectivity index (χ3n) is 3.10. The van der Waals surface area contributed by atoms with Gasteiger partial charge in [-0.25, -0.2) is 0 Å². The van der Waals surface area contributed by atoms with E-state index < -0.39 is 6.10 Å². The molecule has 0 aromatic heterocycles. The zero-order valence-corrected chi connectivity index (χ0v) is 12.1. The highest BCUT2D eigenvalue weighted by atomic mass is 16.5. The molecule has 0 radical (unpaired) electrons. The fraction of sp³-hybridized carbons (Fsp3) is 0.933. The second kappa shape index (κ2) is 12.9. The summed E-state index contributed by atoms with van der Waals surface area (Å²) < 4.78 is 4.80. The molecule has 3 nitrogen and oxygen atoms in total. The third kappa shape index (κ3) is 11.9. The zero-order chi connectivity index (χ0) is 13.6. The lowest BCUT2D eigenvalue weighted by atomic mass is 10.0. The van der Waals surface area contributed by atoms with Crippen molar-refractivity contribution in [3.63, 3.8) is 0 Å². The van der Waals surface area contributed by atoms with Crippen LogP contribution in [0.5, 0.6) is 0 Å². The summed E-state index contributed by atoms with van der Waals surface area (Å²) in [6, 6.07) is 0. The van der Waals surface area contributed by atoms with E-state index >= 15 is 0 Å². The number of hydrogen-bond donors (Lipinski definition) is 1. The van der Waals surface area contributed by atoms with Crippen molar-refractivity contribution in [1.29, 1.82) is 0 Å². The molecular weight excluding hydrogens is 228 g/mol. The summed E-state index contributed by atoms with van der Waals surface area (Å²) in [7, 11) is 0. The van der Waals surface area contributed by atoms with Gasteiger partial charge in [-0.1, -0.05) is 58.3 Å². The Bertz CT molecular complexity index is 192. The van der Waals surface area contributed by atoms with Gasteiger partial charge in [-0.05, 0) is 13.3 Å². The first-order chi connectivity index (χ1) is 8.70. The smallest absolute Gasteiger partial charge is 0.308 e. The van der Waals surface area contributed by atoms with Crippen LogP contribution in [0.15, 0.2) is 0 Å². The van der Waals surface area contributed by atoms with Gasteiger partial charge in [-0.15, -0.1) is 0 Å². The minimum atomic E-state index is -0.524. The number of unbranched alkanes of at least 4 members (excludes halogenated alkanes) is 7. The number of carbonyl (C=O) groups excluding carboxylic acids is 1. The van der Waals surface area contributed by atoms with Crippen LogP contribution in [0.25, 0.3) is 0 Å². The minimum Gasteiger partial charge on any atom is -0.466 e. The molecule has 1 atom stereocenters.